The predicted octanol–water partition coefficient (Wildman–Crippen LogP) is 2.87. The monoisotopic (exact) mass is 292 g/mol. The van der Waals surface area contributed by atoms with Gasteiger partial charge in [0.15, 0.2) is 0 Å². The van der Waals surface area contributed by atoms with E-state index in [-0.39, 0.29) is 5.91 Å². The third kappa shape index (κ3) is 4.00. The maximum absolute atomic E-state index is 12.3. The predicted molar refractivity (Wildman–Crippen MR) is 87.7 cm³/mol. The van der Waals surface area contributed by atoms with E-state index < -0.39 is 0 Å². The van der Waals surface area contributed by atoms with Crippen molar-refractivity contribution in [3.05, 3.63) is 29.8 Å². The lowest BCUT2D eigenvalue weighted by Crippen LogP contribution is -2.41. The molecule has 1 fully saturated rings. The largest absolute Gasteiger partial charge is 0.315 e. The van der Waals surface area contributed by atoms with Gasteiger partial charge in [-0.2, -0.15) is 11.8 Å². The van der Waals surface area contributed by atoms with Crippen molar-refractivity contribution in [3.8, 4) is 0 Å². The summed E-state index contributed by atoms with van der Waals surface area (Å²) in [6, 6.07) is 8.61. The average molecular weight is 292 g/mol. The Kier molecular flexibility index (Phi) is 5.49. The number of nitrogens with zero attached hydrogens (tertiary/aromatic N) is 1. The average Bonchev–Trinajstić information content (AvgIpc) is 2.47. The number of anilines is 1. The molecule has 1 aromatic carbocycles. The fourth-order valence-corrected chi connectivity index (χ4v) is 3.27. The molecule has 0 aromatic heterocycles. The quantitative estimate of drug-likeness (QED) is 0.926. The number of amides is 1. The maximum Gasteiger partial charge on any atom is 0.228 e. The Bertz CT molecular complexity index is 438. The van der Waals surface area contributed by atoms with E-state index in [0.717, 1.165) is 23.7 Å². The molecular weight excluding hydrogens is 268 g/mol. The van der Waals surface area contributed by atoms with Crippen LogP contribution in [-0.2, 0) is 4.79 Å². The molecule has 0 bridgehead atoms. The molecule has 1 aliphatic heterocycles. The molecule has 1 unspecified atom stereocenters. The Morgan fingerprint density at radius 3 is 2.65 bits per heavy atom. The van der Waals surface area contributed by atoms with Crippen LogP contribution in [0.2, 0.25) is 0 Å². The molecule has 0 saturated carbocycles. The Labute approximate surface area is 126 Å². The highest BCUT2D eigenvalue weighted by Gasteiger charge is 2.19. The zero-order valence-corrected chi connectivity index (χ0v) is 13.4. The number of benzene rings is 1. The van der Waals surface area contributed by atoms with Crippen LogP contribution in [0.15, 0.2) is 24.3 Å². The standard InChI is InChI=1S/C16H24N2OS/c1-12(2)13-4-6-15(7-5-13)18(3)16(19)10-14-11-20-9-8-17-14/h4-7,12,14,17H,8-11H2,1-3H3. The van der Waals surface area contributed by atoms with Crippen LogP contribution in [0.1, 0.15) is 31.7 Å². The second-order valence-corrected chi connectivity index (χ2v) is 6.78. The van der Waals surface area contributed by atoms with Crippen LogP contribution >= 0.6 is 11.8 Å². The summed E-state index contributed by atoms with van der Waals surface area (Å²) in [5, 5.41) is 3.41. The molecule has 1 aromatic rings. The minimum Gasteiger partial charge on any atom is -0.315 e. The van der Waals surface area contributed by atoms with Crippen LogP contribution in [0.5, 0.6) is 0 Å². The summed E-state index contributed by atoms with van der Waals surface area (Å²) in [6.45, 7) is 5.36. The van der Waals surface area contributed by atoms with Crippen molar-refractivity contribution in [1.29, 1.82) is 0 Å². The van der Waals surface area contributed by atoms with Crippen molar-refractivity contribution in [2.24, 2.45) is 0 Å². The van der Waals surface area contributed by atoms with Gasteiger partial charge in [0.2, 0.25) is 5.91 Å². The third-order valence-electron chi connectivity index (χ3n) is 3.74. The summed E-state index contributed by atoms with van der Waals surface area (Å²) in [7, 11) is 1.86. The Morgan fingerprint density at radius 2 is 2.10 bits per heavy atom. The molecule has 1 saturated heterocycles. The van der Waals surface area contributed by atoms with Crippen molar-refractivity contribution in [3.63, 3.8) is 0 Å². The van der Waals surface area contributed by atoms with Gasteiger partial charge in [0, 0.05) is 43.2 Å². The van der Waals surface area contributed by atoms with Crippen LogP contribution in [0.25, 0.3) is 0 Å². The van der Waals surface area contributed by atoms with Crippen LogP contribution in [0.3, 0.4) is 0 Å². The first-order valence-electron chi connectivity index (χ1n) is 7.25. The van der Waals surface area contributed by atoms with Gasteiger partial charge in [0.25, 0.3) is 0 Å². The highest BCUT2D eigenvalue weighted by molar-refractivity contribution is 7.99. The van der Waals surface area contributed by atoms with E-state index in [9.17, 15) is 4.79 Å². The van der Waals surface area contributed by atoms with Gasteiger partial charge in [-0.15, -0.1) is 0 Å². The zero-order chi connectivity index (χ0) is 14.5. The van der Waals surface area contributed by atoms with Crippen molar-refractivity contribution < 1.29 is 4.79 Å². The van der Waals surface area contributed by atoms with Gasteiger partial charge in [0.05, 0.1) is 0 Å². The van der Waals surface area contributed by atoms with Gasteiger partial charge in [-0.25, -0.2) is 0 Å². The molecule has 1 N–H and O–H groups in total. The number of nitrogens with one attached hydrogen (secondary N) is 1. The molecule has 1 aliphatic rings. The normalized spacial score (nSPS) is 19.1. The minimum atomic E-state index is 0.183. The first-order valence-corrected chi connectivity index (χ1v) is 8.41. The van der Waals surface area contributed by atoms with E-state index in [4.69, 9.17) is 0 Å². The Morgan fingerprint density at radius 1 is 1.40 bits per heavy atom. The molecule has 20 heavy (non-hydrogen) atoms. The van der Waals surface area contributed by atoms with Crippen LogP contribution in [0, 0.1) is 0 Å². The van der Waals surface area contributed by atoms with Gasteiger partial charge < -0.3 is 10.2 Å². The fourth-order valence-electron chi connectivity index (χ4n) is 2.33. The molecule has 1 heterocycles. The molecule has 3 nitrogen and oxygen atoms in total. The highest BCUT2D eigenvalue weighted by atomic mass is 32.2. The lowest BCUT2D eigenvalue weighted by Gasteiger charge is -2.25. The molecule has 0 radical (unpaired) electrons. The summed E-state index contributed by atoms with van der Waals surface area (Å²) in [5.74, 6) is 2.89. The fraction of sp³-hybridized carbons (Fsp3) is 0.562. The summed E-state index contributed by atoms with van der Waals surface area (Å²) < 4.78 is 0. The Balaban J connectivity index is 1.95. The van der Waals surface area contributed by atoms with Gasteiger partial charge >= 0.3 is 0 Å². The van der Waals surface area contributed by atoms with E-state index in [1.807, 2.05) is 30.9 Å². The van der Waals surface area contributed by atoms with E-state index in [2.05, 4.69) is 31.3 Å². The number of carbonyl (C=O) groups excluding carboxylic acids is 1. The van der Waals surface area contributed by atoms with Gasteiger partial charge in [-0.3, -0.25) is 4.79 Å². The summed E-state index contributed by atoms with van der Waals surface area (Å²) in [6.07, 6.45) is 0.579. The summed E-state index contributed by atoms with van der Waals surface area (Å²) >= 11 is 1.92. The maximum atomic E-state index is 12.3. The molecule has 2 rings (SSSR count). The lowest BCUT2D eigenvalue weighted by atomic mass is 10.0. The zero-order valence-electron chi connectivity index (χ0n) is 12.6. The molecule has 4 heteroatoms. The number of rotatable bonds is 4. The second kappa shape index (κ2) is 7.14. The highest BCUT2D eigenvalue weighted by Crippen LogP contribution is 2.20. The van der Waals surface area contributed by atoms with E-state index in [1.54, 1.807) is 4.90 Å². The summed E-state index contributed by atoms with van der Waals surface area (Å²) in [5.41, 5.74) is 2.28. The SMILES string of the molecule is CC(C)c1ccc(N(C)C(=O)CC2CSCCN2)cc1. The first-order chi connectivity index (χ1) is 9.58. The smallest absolute Gasteiger partial charge is 0.228 e. The van der Waals surface area contributed by atoms with Gasteiger partial charge in [-0.05, 0) is 23.6 Å². The van der Waals surface area contributed by atoms with Crippen LogP contribution in [0.4, 0.5) is 5.69 Å². The molecule has 110 valence electrons. The molecule has 1 amide bonds. The first kappa shape index (κ1) is 15.4. The number of thioether (sulfide) groups is 1. The van der Waals surface area contributed by atoms with E-state index in [0.29, 0.717) is 18.4 Å². The van der Waals surface area contributed by atoms with Gasteiger partial charge in [-0.1, -0.05) is 26.0 Å². The number of carbonyl (C=O) groups is 1. The Hall–Kier alpha value is -1.00. The molecule has 1 atom stereocenters. The van der Waals surface area contributed by atoms with E-state index in [1.165, 1.54) is 5.56 Å². The van der Waals surface area contributed by atoms with Crippen molar-refractivity contribution in [2.75, 3.05) is 30.0 Å². The lowest BCUT2D eigenvalue weighted by molar-refractivity contribution is -0.118. The van der Waals surface area contributed by atoms with Crippen molar-refractivity contribution in [2.45, 2.75) is 32.2 Å². The van der Waals surface area contributed by atoms with Crippen LogP contribution in [-0.4, -0.2) is 37.0 Å². The topological polar surface area (TPSA) is 32.3 Å². The van der Waals surface area contributed by atoms with Gasteiger partial charge in [0.1, 0.15) is 0 Å². The van der Waals surface area contributed by atoms with Crippen molar-refractivity contribution in [1.82, 2.24) is 5.32 Å². The molecule has 0 spiro atoms. The minimum absolute atomic E-state index is 0.183. The van der Waals surface area contributed by atoms with Crippen molar-refractivity contribution >= 4 is 23.4 Å². The second-order valence-electron chi connectivity index (χ2n) is 5.63. The number of hydrogen-bond donors (Lipinski definition) is 1. The molecular formula is C16H24N2OS. The van der Waals surface area contributed by atoms with Crippen LogP contribution < -0.4 is 10.2 Å². The molecule has 0 aliphatic carbocycles. The third-order valence-corrected chi connectivity index (χ3v) is 4.87. The number of hydrogen-bond acceptors (Lipinski definition) is 3. The summed E-state index contributed by atoms with van der Waals surface area (Å²) in [4.78, 5) is 14.1. The van der Waals surface area contributed by atoms with E-state index >= 15 is 0 Å².